The second-order valence-corrected chi connectivity index (χ2v) is 5.42. The van der Waals surface area contributed by atoms with Gasteiger partial charge in [0.1, 0.15) is 0 Å². The number of hydrogen-bond acceptors (Lipinski definition) is 2. The highest BCUT2D eigenvalue weighted by Gasteiger charge is 2.20. The molecular formula is C15H24N2O. The van der Waals surface area contributed by atoms with Crippen LogP contribution in [0.2, 0.25) is 0 Å². The van der Waals surface area contributed by atoms with Gasteiger partial charge in [-0.1, -0.05) is 20.8 Å². The summed E-state index contributed by atoms with van der Waals surface area (Å²) in [7, 11) is 0. The Morgan fingerprint density at radius 3 is 2.00 bits per heavy atom. The van der Waals surface area contributed by atoms with Gasteiger partial charge in [-0.3, -0.25) is 4.79 Å². The molecule has 0 aliphatic rings. The zero-order chi connectivity index (χ0) is 13.8. The molecule has 1 aromatic carbocycles. The Kier molecular flexibility index (Phi) is 4.76. The van der Waals surface area contributed by atoms with E-state index in [0.29, 0.717) is 0 Å². The topological polar surface area (TPSA) is 32.3 Å². The molecule has 0 heterocycles. The van der Waals surface area contributed by atoms with Gasteiger partial charge in [0.25, 0.3) is 0 Å². The second kappa shape index (κ2) is 5.89. The van der Waals surface area contributed by atoms with E-state index < -0.39 is 0 Å². The smallest absolute Gasteiger partial charge is 0.229 e. The average Bonchev–Trinajstić information content (AvgIpc) is 2.31. The average molecular weight is 248 g/mol. The highest BCUT2D eigenvalue weighted by Crippen LogP contribution is 2.20. The van der Waals surface area contributed by atoms with Crippen molar-refractivity contribution in [3.05, 3.63) is 24.3 Å². The Labute approximate surface area is 110 Å². The number of anilines is 2. The fraction of sp³-hybridized carbons (Fsp3) is 0.533. The number of carbonyl (C=O) groups excluding carboxylic acids is 1. The minimum absolute atomic E-state index is 0.0399. The van der Waals surface area contributed by atoms with Crippen molar-refractivity contribution in [2.45, 2.75) is 34.6 Å². The Morgan fingerprint density at radius 2 is 1.61 bits per heavy atom. The predicted molar refractivity (Wildman–Crippen MR) is 78.1 cm³/mol. The van der Waals surface area contributed by atoms with E-state index in [0.717, 1.165) is 18.8 Å². The summed E-state index contributed by atoms with van der Waals surface area (Å²) in [6, 6.07) is 8.01. The van der Waals surface area contributed by atoms with E-state index >= 15 is 0 Å². The number of nitrogens with one attached hydrogen (secondary N) is 1. The molecule has 0 fully saturated rings. The van der Waals surface area contributed by atoms with Crippen molar-refractivity contribution < 1.29 is 4.79 Å². The van der Waals surface area contributed by atoms with Gasteiger partial charge in [0.15, 0.2) is 0 Å². The van der Waals surface area contributed by atoms with Crippen LogP contribution >= 0.6 is 0 Å². The van der Waals surface area contributed by atoms with Crippen molar-refractivity contribution >= 4 is 17.3 Å². The molecule has 100 valence electrons. The van der Waals surface area contributed by atoms with Crippen LogP contribution in [0.5, 0.6) is 0 Å². The first-order valence-corrected chi connectivity index (χ1v) is 6.55. The summed E-state index contributed by atoms with van der Waals surface area (Å²) in [4.78, 5) is 14.1. The first kappa shape index (κ1) is 14.6. The van der Waals surface area contributed by atoms with Crippen LogP contribution in [0.25, 0.3) is 0 Å². The Bertz CT molecular complexity index is 386. The summed E-state index contributed by atoms with van der Waals surface area (Å²) >= 11 is 0. The normalized spacial score (nSPS) is 11.2. The molecule has 3 nitrogen and oxygen atoms in total. The molecule has 18 heavy (non-hydrogen) atoms. The van der Waals surface area contributed by atoms with E-state index in [4.69, 9.17) is 0 Å². The van der Waals surface area contributed by atoms with E-state index in [2.05, 4.69) is 24.1 Å². The van der Waals surface area contributed by atoms with Gasteiger partial charge in [-0.25, -0.2) is 0 Å². The maximum Gasteiger partial charge on any atom is 0.229 e. The minimum Gasteiger partial charge on any atom is -0.372 e. The van der Waals surface area contributed by atoms with Crippen molar-refractivity contribution in [1.29, 1.82) is 0 Å². The fourth-order valence-electron chi connectivity index (χ4n) is 1.66. The first-order valence-electron chi connectivity index (χ1n) is 6.55. The maximum atomic E-state index is 11.8. The summed E-state index contributed by atoms with van der Waals surface area (Å²) in [5.74, 6) is 0.0399. The summed E-state index contributed by atoms with van der Waals surface area (Å²) < 4.78 is 0. The van der Waals surface area contributed by atoms with Crippen LogP contribution in [0, 0.1) is 5.41 Å². The predicted octanol–water partition coefficient (Wildman–Crippen LogP) is 3.52. The van der Waals surface area contributed by atoms with Crippen molar-refractivity contribution in [1.82, 2.24) is 0 Å². The third-order valence-corrected chi connectivity index (χ3v) is 2.93. The molecule has 1 aromatic rings. The lowest BCUT2D eigenvalue weighted by molar-refractivity contribution is -0.123. The molecule has 0 aliphatic heterocycles. The Hall–Kier alpha value is -1.51. The standard InChI is InChI=1S/C15H24N2O/c1-6-17(7-2)13-10-8-12(9-11-13)16-14(18)15(3,4)5/h8-11H,6-7H2,1-5H3,(H,16,18). The number of nitrogens with zero attached hydrogens (tertiary/aromatic N) is 1. The maximum absolute atomic E-state index is 11.8. The van der Waals surface area contributed by atoms with Crippen molar-refractivity contribution in [2.24, 2.45) is 5.41 Å². The molecule has 0 spiro atoms. The van der Waals surface area contributed by atoms with Crippen LogP contribution in [-0.2, 0) is 4.79 Å². The first-order chi connectivity index (χ1) is 8.38. The lowest BCUT2D eigenvalue weighted by atomic mass is 9.95. The molecule has 0 aliphatic carbocycles. The van der Waals surface area contributed by atoms with Crippen LogP contribution in [0.3, 0.4) is 0 Å². The highest BCUT2D eigenvalue weighted by molar-refractivity contribution is 5.94. The molecule has 0 radical (unpaired) electrons. The van der Waals surface area contributed by atoms with E-state index in [-0.39, 0.29) is 11.3 Å². The van der Waals surface area contributed by atoms with Gasteiger partial charge in [0.2, 0.25) is 5.91 Å². The molecule has 0 atom stereocenters. The van der Waals surface area contributed by atoms with Gasteiger partial charge >= 0.3 is 0 Å². The quantitative estimate of drug-likeness (QED) is 0.884. The number of benzene rings is 1. The molecular weight excluding hydrogens is 224 g/mol. The Balaban J connectivity index is 2.75. The van der Waals surface area contributed by atoms with Gasteiger partial charge in [-0.15, -0.1) is 0 Å². The number of amides is 1. The van der Waals surface area contributed by atoms with Gasteiger partial charge in [0.05, 0.1) is 0 Å². The van der Waals surface area contributed by atoms with Gasteiger partial charge in [0, 0.05) is 29.9 Å². The van der Waals surface area contributed by atoms with Crippen LogP contribution in [0.15, 0.2) is 24.3 Å². The third kappa shape index (κ3) is 3.76. The molecule has 0 aromatic heterocycles. The zero-order valence-corrected chi connectivity index (χ0v) is 12.1. The zero-order valence-electron chi connectivity index (χ0n) is 12.1. The molecule has 3 heteroatoms. The van der Waals surface area contributed by atoms with Crippen molar-refractivity contribution in [2.75, 3.05) is 23.3 Å². The largest absolute Gasteiger partial charge is 0.372 e. The van der Waals surface area contributed by atoms with E-state index in [9.17, 15) is 4.79 Å². The SMILES string of the molecule is CCN(CC)c1ccc(NC(=O)C(C)(C)C)cc1. The molecule has 0 saturated carbocycles. The second-order valence-electron chi connectivity index (χ2n) is 5.42. The molecule has 1 N–H and O–H groups in total. The highest BCUT2D eigenvalue weighted by atomic mass is 16.2. The van der Waals surface area contributed by atoms with E-state index in [1.54, 1.807) is 0 Å². The summed E-state index contributed by atoms with van der Waals surface area (Å²) in [6.45, 7) is 12.0. The van der Waals surface area contributed by atoms with Crippen molar-refractivity contribution in [3.8, 4) is 0 Å². The van der Waals surface area contributed by atoms with Crippen molar-refractivity contribution in [3.63, 3.8) is 0 Å². The lowest BCUT2D eigenvalue weighted by Crippen LogP contribution is -2.27. The molecule has 1 amide bonds. The number of rotatable bonds is 4. The van der Waals surface area contributed by atoms with Crippen LogP contribution in [0.4, 0.5) is 11.4 Å². The van der Waals surface area contributed by atoms with Crippen LogP contribution in [-0.4, -0.2) is 19.0 Å². The monoisotopic (exact) mass is 248 g/mol. The lowest BCUT2D eigenvalue weighted by Gasteiger charge is -2.22. The Morgan fingerprint density at radius 1 is 1.11 bits per heavy atom. The fourth-order valence-corrected chi connectivity index (χ4v) is 1.66. The van der Waals surface area contributed by atoms with E-state index in [1.165, 1.54) is 5.69 Å². The number of carbonyl (C=O) groups is 1. The van der Waals surface area contributed by atoms with Gasteiger partial charge in [-0.2, -0.15) is 0 Å². The third-order valence-electron chi connectivity index (χ3n) is 2.93. The van der Waals surface area contributed by atoms with Gasteiger partial charge in [-0.05, 0) is 38.1 Å². The number of hydrogen-bond donors (Lipinski definition) is 1. The summed E-state index contributed by atoms with van der Waals surface area (Å²) in [6.07, 6.45) is 0. The van der Waals surface area contributed by atoms with Crippen LogP contribution < -0.4 is 10.2 Å². The molecule has 0 saturated heterocycles. The van der Waals surface area contributed by atoms with Gasteiger partial charge < -0.3 is 10.2 Å². The molecule has 0 bridgehead atoms. The van der Waals surface area contributed by atoms with E-state index in [1.807, 2.05) is 45.0 Å². The molecule has 0 unspecified atom stereocenters. The summed E-state index contributed by atoms with van der Waals surface area (Å²) in [5, 5.41) is 2.93. The summed E-state index contributed by atoms with van der Waals surface area (Å²) in [5.41, 5.74) is 1.68. The van der Waals surface area contributed by atoms with Crippen LogP contribution in [0.1, 0.15) is 34.6 Å². The minimum atomic E-state index is -0.364. The molecule has 1 rings (SSSR count).